The Bertz CT molecular complexity index is 389. The molecule has 0 atom stereocenters. The van der Waals surface area contributed by atoms with Crippen molar-refractivity contribution in [2.24, 2.45) is 0 Å². The van der Waals surface area contributed by atoms with Gasteiger partial charge in [0.15, 0.2) is 0 Å². The van der Waals surface area contributed by atoms with Gasteiger partial charge in [-0.3, -0.25) is 9.69 Å². The minimum atomic E-state index is 0.668. The molecule has 1 aromatic carbocycles. The second-order valence-corrected chi connectivity index (χ2v) is 4.80. The number of nitrogens with one attached hydrogen (secondary N) is 1. The van der Waals surface area contributed by atoms with Crippen molar-refractivity contribution in [3.63, 3.8) is 0 Å². The third kappa shape index (κ3) is 5.19. The zero-order valence-electron chi connectivity index (χ0n) is 11.7. The van der Waals surface area contributed by atoms with Gasteiger partial charge in [-0.1, -0.05) is 0 Å². The molecule has 1 heterocycles. The fourth-order valence-electron chi connectivity index (χ4n) is 2.17. The quantitative estimate of drug-likeness (QED) is 0.581. The van der Waals surface area contributed by atoms with Crippen LogP contribution in [0.15, 0.2) is 24.3 Å². The summed E-state index contributed by atoms with van der Waals surface area (Å²) in [5.41, 5.74) is 0.777. The first-order chi connectivity index (χ1) is 9.88. The highest BCUT2D eigenvalue weighted by molar-refractivity contribution is 5.71. The van der Waals surface area contributed by atoms with Crippen LogP contribution in [0.2, 0.25) is 0 Å². The summed E-state index contributed by atoms with van der Waals surface area (Å²) in [5.74, 6) is 0.841. The van der Waals surface area contributed by atoms with Crippen LogP contribution >= 0.6 is 0 Å². The summed E-state index contributed by atoms with van der Waals surface area (Å²) < 4.78 is 11.0. The zero-order chi connectivity index (χ0) is 14.0. The molecular formula is C15H22N2O3. The lowest BCUT2D eigenvalue weighted by atomic mass is 10.3. The van der Waals surface area contributed by atoms with Gasteiger partial charge < -0.3 is 14.8 Å². The van der Waals surface area contributed by atoms with Gasteiger partial charge in [-0.25, -0.2) is 0 Å². The van der Waals surface area contributed by atoms with E-state index in [0.717, 1.165) is 63.7 Å². The number of hydrogen-bond donors (Lipinski definition) is 1. The third-order valence-corrected chi connectivity index (χ3v) is 3.32. The smallest absolute Gasteiger partial charge is 0.211 e. The average molecular weight is 278 g/mol. The molecule has 1 saturated heterocycles. The van der Waals surface area contributed by atoms with Gasteiger partial charge in [-0.15, -0.1) is 0 Å². The van der Waals surface area contributed by atoms with Gasteiger partial charge >= 0.3 is 0 Å². The maximum atomic E-state index is 10.3. The maximum absolute atomic E-state index is 10.3. The van der Waals surface area contributed by atoms with E-state index in [1.54, 1.807) is 0 Å². The zero-order valence-corrected chi connectivity index (χ0v) is 11.7. The van der Waals surface area contributed by atoms with E-state index in [0.29, 0.717) is 6.41 Å². The Balaban J connectivity index is 1.57. The van der Waals surface area contributed by atoms with Gasteiger partial charge in [0.1, 0.15) is 5.75 Å². The average Bonchev–Trinajstić information content (AvgIpc) is 2.50. The molecule has 1 amide bonds. The largest absolute Gasteiger partial charge is 0.494 e. The number of rotatable bonds is 8. The Morgan fingerprint density at radius 1 is 1.20 bits per heavy atom. The van der Waals surface area contributed by atoms with E-state index < -0.39 is 0 Å². The minimum absolute atomic E-state index is 0.668. The number of amides is 1. The molecule has 110 valence electrons. The summed E-state index contributed by atoms with van der Waals surface area (Å²) in [5, 5.41) is 2.60. The Kier molecular flexibility index (Phi) is 6.34. The molecule has 1 aliphatic heterocycles. The molecule has 1 N–H and O–H groups in total. The van der Waals surface area contributed by atoms with Crippen molar-refractivity contribution < 1.29 is 14.3 Å². The summed E-state index contributed by atoms with van der Waals surface area (Å²) in [6, 6.07) is 7.40. The van der Waals surface area contributed by atoms with E-state index in [4.69, 9.17) is 9.47 Å². The Labute approximate surface area is 119 Å². The Hall–Kier alpha value is -1.59. The normalized spacial score (nSPS) is 15.8. The lowest BCUT2D eigenvalue weighted by molar-refractivity contribution is -0.105. The molecule has 2 rings (SSSR count). The lowest BCUT2D eigenvalue weighted by Crippen LogP contribution is -2.36. The van der Waals surface area contributed by atoms with Crippen molar-refractivity contribution in [2.75, 3.05) is 44.8 Å². The van der Waals surface area contributed by atoms with Crippen molar-refractivity contribution >= 4 is 12.1 Å². The van der Waals surface area contributed by atoms with Crippen molar-refractivity contribution in [1.29, 1.82) is 0 Å². The summed E-state index contributed by atoms with van der Waals surface area (Å²) in [6.07, 6.45) is 2.86. The molecule has 5 heteroatoms. The first-order valence-corrected chi connectivity index (χ1v) is 7.11. The second-order valence-electron chi connectivity index (χ2n) is 4.80. The number of unbranched alkanes of at least 4 members (excludes halogenated alkanes) is 1. The lowest BCUT2D eigenvalue weighted by Gasteiger charge is -2.26. The fraction of sp³-hybridized carbons (Fsp3) is 0.533. The van der Waals surface area contributed by atoms with Crippen LogP contribution in [0.25, 0.3) is 0 Å². The van der Waals surface area contributed by atoms with Crippen LogP contribution in [0.1, 0.15) is 12.8 Å². The molecule has 20 heavy (non-hydrogen) atoms. The monoisotopic (exact) mass is 278 g/mol. The van der Waals surface area contributed by atoms with Crippen molar-refractivity contribution in [1.82, 2.24) is 4.90 Å². The van der Waals surface area contributed by atoms with Crippen LogP contribution < -0.4 is 10.1 Å². The van der Waals surface area contributed by atoms with Crippen molar-refractivity contribution in [3.05, 3.63) is 24.3 Å². The molecule has 0 aliphatic carbocycles. The first kappa shape index (κ1) is 14.8. The number of nitrogens with zero attached hydrogens (tertiary/aromatic N) is 1. The van der Waals surface area contributed by atoms with Crippen LogP contribution in [-0.4, -0.2) is 50.8 Å². The molecule has 0 radical (unpaired) electrons. The van der Waals surface area contributed by atoms with Gasteiger partial charge in [0.2, 0.25) is 6.41 Å². The summed E-state index contributed by atoms with van der Waals surface area (Å²) in [6.45, 7) is 5.66. The van der Waals surface area contributed by atoms with Crippen LogP contribution in [-0.2, 0) is 9.53 Å². The number of hydrogen-bond acceptors (Lipinski definition) is 4. The topological polar surface area (TPSA) is 50.8 Å². The van der Waals surface area contributed by atoms with Gasteiger partial charge in [-0.2, -0.15) is 0 Å². The molecule has 0 aromatic heterocycles. The van der Waals surface area contributed by atoms with E-state index >= 15 is 0 Å². The Morgan fingerprint density at radius 2 is 1.95 bits per heavy atom. The Morgan fingerprint density at radius 3 is 2.65 bits per heavy atom. The SMILES string of the molecule is O=CNc1ccc(OCCCCN2CCOCC2)cc1. The highest BCUT2D eigenvalue weighted by Gasteiger charge is 2.08. The van der Waals surface area contributed by atoms with Crippen molar-refractivity contribution in [2.45, 2.75) is 12.8 Å². The standard InChI is InChI=1S/C15H22N2O3/c18-13-16-14-3-5-15(6-4-14)20-10-2-1-7-17-8-11-19-12-9-17/h3-6,13H,1-2,7-12H2,(H,16,18). The molecule has 1 aromatic rings. The second kappa shape index (κ2) is 8.55. The van der Waals surface area contributed by atoms with Crippen LogP contribution in [0, 0.1) is 0 Å². The summed E-state index contributed by atoms with van der Waals surface area (Å²) in [4.78, 5) is 12.7. The number of carbonyl (C=O) groups is 1. The number of carbonyl (C=O) groups excluding carboxylic acids is 1. The highest BCUT2D eigenvalue weighted by atomic mass is 16.5. The van der Waals surface area contributed by atoms with E-state index in [9.17, 15) is 4.79 Å². The van der Waals surface area contributed by atoms with E-state index in [1.165, 1.54) is 0 Å². The van der Waals surface area contributed by atoms with Gasteiger partial charge in [0.05, 0.1) is 19.8 Å². The molecule has 1 aliphatic rings. The molecule has 5 nitrogen and oxygen atoms in total. The molecule has 0 bridgehead atoms. The van der Waals surface area contributed by atoms with Crippen LogP contribution in [0.4, 0.5) is 5.69 Å². The number of anilines is 1. The summed E-state index contributed by atoms with van der Waals surface area (Å²) >= 11 is 0. The predicted molar refractivity (Wildman–Crippen MR) is 78.1 cm³/mol. The predicted octanol–water partition coefficient (Wildman–Crippen LogP) is 1.75. The third-order valence-electron chi connectivity index (χ3n) is 3.32. The highest BCUT2D eigenvalue weighted by Crippen LogP contribution is 2.15. The number of ether oxygens (including phenoxy) is 2. The van der Waals surface area contributed by atoms with E-state index in [1.807, 2.05) is 24.3 Å². The van der Waals surface area contributed by atoms with Crippen LogP contribution in [0.3, 0.4) is 0 Å². The molecule has 0 spiro atoms. The molecular weight excluding hydrogens is 256 g/mol. The maximum Gasteiger partial charge on any atom is 0.211 e. The van der Waals surface area contributed by atoms with Gasteiger partial charge in [0, 0.05) is 18.8 Å². The van der Waals surface area contributed by atoms with Crippen LogP contribution in [0.5, 0.6) is 5.75 Å². The summed E-state index contributed by atoms with van der Waals surface area (Å²) in [7, 11) is 0. The molecule has 1 fully saturated rings. The van der Waals surface area contributed by atoms with E-state index in [2.05, 4.69) is 10.2 Å². The number of morpholine rings is 1. The van der Waals surface area contributed by atoms with Crippen molar-refractivity contribution in [3.8, 4) is 5.75 Å². The number of benzene rings is 1. The molecule has 0 saturated carbocycles. The van der Waals surface area contributed by atoms with E-state index in [-0.39, 0.29) is 0 Å². The van der Waals surface area contributed by atoms with Gasteiger partial charge in [-0.05, 0) is 43.7 Å². The first-order valence-electron chi connectivity index (χ1n) is 7.11. The van der Waals surface area contributed by atoms with Gasteiger partial charge in [0.25, 0.3) is 0 Å². The molecule has 0 unspecified atom stereocenters. The fourth-order valence-corrected chi connectivity index (χ4v) is 2.17. The minimum Gasteiger partial charge on any atom is -0.494 e.